The van der Waals surface area contributed by atoms with Gasteiger partial charge in [0.25, 0.3) is 0 Å². The molecular formula is C23H44O. The van der Waals surface area contributed by atoms with Crippen molar-refractivity contribution in [3.05, 3.63) is 34.9 Å². The van der Waals surface area contributed by atoms with Crippen LogP contribution in [0.3, 0.4) is 0 Å². The third-order valence-electron chi connectivity index (χ3n) is 3.49. The van der Waals surface area contributed by atoms with E-state index in [0.29, 0.717) is 12.3 Å². The second-order valence-electron chi connectivity index (χ2n) is 5.82. The highest BCUT2D eigenvalue weighted by Gasteiger charge is 2.02. The van der Waals surface area contributed by atoms with Gasteiger partial charge in [-0.25, -0.2) is 0 Å². The fourth-order valence-electron chi connectivity index (χ4n) is 2.20. The van der Waals surface area contributed by atoms with Crippen molar-refractivity contribution in [2.24, 2.45) is 5.92 Å². The van der Waals surface area contributed by atoms with Crippen molar-refractivity contribution in [2.75, 3.05) is 0 Å². The molecule has 1 nitrogen and oxygen atoms in total. The molecule has 0 amide bonds. The summed E-state index contributed by atoms with van der Waals surface area (Å²) in [6.45, 7) is 18.8. The SMILES string of the molecule is CC.CC.CC(C)CC=O.CCCCCc1c(C)cccc1CC. The van der Waals surface area contributed by atoms with Crippen LogP contribution in [0.2, 0.25) is 0 Å². The molecule has 142 valence electrons. The molecule has 1 heteroatoms. The molecule has 0 bridgehead atoms. The van der Waals surface area contributed by atoms with Crippen molar-refractivity contribution in [2.45, 2.75) is 101 Å². The molecule has 0 atom stereocenters. The summed E-state index contributed by atoms with van der Waals surface area (Å²) in [6.07, 6.45) is 8.09. The van der Waals surface area contributed by atoms with Gasteiger partial charge in [-0.3, -0.25) is 0 Å². The lowest BCUT2D eigenvalue weighted by Crippen LogP contribution is -1.96. The molecule has 0 aliphatic heterocycles. The normalized spacial score (nSPS) is 8.92. The van der Waals surface area contributed by atoms with E-state index in [4.69, 9.17) is 0 Å². The number of carbonyl (C=O) groups excluding carboxylic acids is 1. The Kier molecular flexibility index (Phi) is 25.3. The van der Waals surface area contributed by atoms with E-state index in [1.54, 1.807) is 11.1 Å². The molecule has 24 heavy (non-hydrogen) atoms. The highest BCUT2D eigenvalue weighted by Crippen LogP contribution is 2.17. The van der Waals surface area contributed by atoms with Crippen molar-refractivity contribution in [3.63, 3.8) is 0 Å². The highest BCUT2D eigenvalue weighted by atomic mass is 16.1. The Balaban J connectivity index is -0.000000371. The smallest absolute Gasteiger partial charge is 0.120 e. The molecule has 0 heterocycles. The summed E-state index contributed by atoms with van der Waals surface area (Å²) in [4.78, 5) is 9.62. The van der Waals surface area contributed by atoms with Gasteiger partial charge in [0.05, 0.1) is 0 Å². The summed E-state index contributed by atoms with van der Waals surface area (Å²) in [5.41, 5.74) is 4.62. The van der Waals surface area contributed by atoms with E-state index < -0.39 is 0 Å². The topological polar surface area (TPSA) is 17.1 Å². The monoisotopic (exact) mass is 336 g/mol. The van der Waals surface area contributed by atoms with E-state index in [1.807, 2.05) is 41.5 Å². The predicted octanol–water partition coefficient (Wildman–Crippen LogP) is 7.57. The molecular weight excluding hydrogens is 292 g/mol. The molecule has 0 spiro atoms. The van der Waals surface area contributed by atoms with E-state index in [-0.39, 0.29) is 0 Å². The van der Waals surface area contributed by atoms with Crippen molar-refractivity contribution in [1.82, 2.24) is 0 Å². The molecule has 0 N–H and O–H groups in total. The molecule has 0 aliphatic carbocycles. The van der Waals surface area contributed by atoms with Crippen LogP contribution in [0, 0.1) is 12.8 Å². The van der Waals surface area contributed by atoms with Gasteiger partial charge in [0, 0.05) is 6.42 Å². The van der Waals surface area contributed by atoms with Crippen LogP contribution in [0.15, 0.2) is 18.2 Å². The van der Waals surface area contributed by atoms with E-state index in [1.165, 1.54) is 37.7 Å². The van der Waals surface area contributed by atoms with Gasteiger partial charge in [-0.15, -0.1) is 0 Å². The molecule has 0 saturated heterocycles. The van der Waals surface area contributed by atoms with Crippen LogP contribution in [-0.2, 0) is 17.6 Å². The van der Waals surface area contributed by atoms with Gasteiger partial charge >= 0.3 is 0 Å². The van der Waals surface area contributed by atoms with Crippen molar-refractivity contribution in [1.29, 1.82) is 0 Å². The van der Waals surface area contributed by atoms with Gasteiger partial charge in [-0.05, 0) is 48.8 Å². The standard InChI is InChI=1S/C14H22.C5H10O.2C2H6/c1-4-6-7-11-14-12(3)9-8-10-13(14)5-2;1-5(2)3-4-6;2*1-2/h8-10H,4-7,11H2,1-3H3;4-5H,3H2,1-2H3;2*1-2H3. The van der Waals surface area contributed by atoms with Crippen LogP contribution in [0.25, 0.3) is 0 Å². The van der Waals surface area contributed by atoms with E-state index in [0.717, 1.165) is 6.29 Å². The summed E-state index contributed by atoms with van der Waals surface area (Å²) in [6, 6.07) is 6.69. The number of aryl methyl sites for hydroxylation is 2. The molecule has 0 aliphatic rings. The Bertz CT molecular complexity index is 366. The first-order chi connectivity index (χ1) is 11.6. The maximum absolute atomic E-state index is 9.62. The van der Waals surface area contributed by atoms with Crippen molar-refractivity contribution < 1.29 is 4.79 Å². The van der Waals surface area contributed by atoms with Crippen molar-refractivity contribution >= 4 is 6.29 Å². The van der Waals surface area contributed by atoms with E-state index in [2.05, 4.69) is 39.0 Å². The number of hydrogen-bond donors (Lipinski definition) is 0. The lowest BCUT2D eigenvalue weighted by molar-refractivity contribution is -0.108. The van der Waals surface area contributed by atoms with Crippen molar-refractivity contribution in [3.8, 4) is 0 Å². The quantitative estimate of drug-likeness (QED) is 0.370. The lowest BCUT2D eigenvalue weighted by atomic mass is 9.95. The minimum absolute atomic E-state index is 0.530. The number of benzene rings is 1. The fourth-order valence-corrected chi connectivity index (χ4v) is 2.20. The number of carbonyl (C=O) groups is 1. The van der Waals surface area contributed by atoms with Gasteiger partial charge in [0.15, 0.2) is 0 Å². The first-order valence-corrected chi connectivity index (χ1v) is 10.1. The van der Waals surface area contributed by atoms with Crippen LogP contribution in [-0.4, -0.2) is 6.29 Å². The van der Waals surface area contributed by atoms with Gasteiger partial charge in [-0.2, -0.15) is 0 Å². The fraction of sp³-hybridized carbons (Fsp3) is 0.696. The molecule has 0 aromatic heterocycles. The zero-order valence-corrected chi connectivity index (χ0v) is 18.0. The Morgan fingerprint density at radius 1 is 1.00 bits per heavy atom. The second kappa shape index (κ2) is 21.9. The van der Waals surface area contributed by atoms with Gasteiger partial charge in [0.1, 0.15) is 6.29 Å². The van der Waals surface area contributed by atoms with E-state index in [9.17, 15) is 4.79 Å². The molecule has 0 radical (unpaired) electrons. The largest absolute Gasteiger partial charge is 0.303 e. The highest BCUT2D eigenvalue weighted by molar-refractivity contribution is 5.49. The Hall–Kier alpha value is -1.11. The maximum atomic E-state index is 9.62. The van der Waals surface area contributed by atoms with E-state index >= 15 is 0 Å². The van der Waals surface area contributed by atoms with Crippen LogP contribution in [0.1, 0.15) is 97.8 Å². The minimum atomic E-state index is 0.530. The first kappa shape index (κ1) is 27.7. The first-order valence-electron chi connectivity index (χ1n) is 10.1. The van der Waals surface area contributed by atoms with Gasteiger partial charge < -0.3 is 4.79 Å². The molecule has 1 aromatic carbocycles. The summed E-state index contributed by atoms with van der Waals surface area (Å²) in [5, 5.41) is 0. The number of unbranched alkanes of at least 4 members (excludes halogenated alkanes) is 2. The molecule has 1 rings (SSSR count). The molecule has 0 unspecified atom stereocenters. The van der Waals surface area contributed by atoms with Crippen LogP contribution >= 0.6 is 0 Å². The summed E-state index contributed by atoms with van der Waals surface area (Å²) in [5.74, 6) is 0.530. The molecule has 0 saturated carbocycles. The lowest BCUT2D eigenvalue weighted by Gasteiger charge is -2.10. The third kappa shape index (κ3) is 15.8. The van der Waals surface area contributed by atoms with Crippen LogP contribution in [0.4, 0.5) is 0 Å². The molecule has 1 aromatic rings. The number of hydrogen-bond acceptors (Lipinski definition) is 1. The average Bonchev–Trinajstić information content (AvgIpc) is 2.60. The Morgan fingerprint density at radius 2 is 1.58 bits per heavy atom. The Morgan fingerprint density at radius 3 is 1.96 bits per heavy atom. The van der Waals surface area contributed by atoms with Gasteiger partial charge in [0.2, 0.25) is 0 Å². The minimum Gasteiger partial charge on any atom is -0.303 e. The maximum Gasteiger partial charge on any atom is 0.120 e. The zero-order valence-electron chi connectivity index (χ0n) is 18.0. The van der Waals surface area contributed by atoms with Gasteiger partial charge in [-0.1, -0.05) is 86.4 Å². The van der Waals surface area contributed by atoms with Crippen LogP contribution < -0.4 is 0 Å². The molecule has 0 fully saturated rings. The summed E-state index contributed by atoms with van der Waals surface area (Å²) >= 11 is 0. The Labute approximate surface area is 153 Å². The predicted molar refractivity (Wildman–Crippen MR) is 112 cm³/mol. The second-order valence-corrected chi connectivity index (χ2v) is 5.82. The summed E-state index contributed by atoms with van der Waals surface area (Å²) in [7, 11) is 0. The number of rotatable bonds is 7. The average molecular weight is 337 g/mol. The third-order valence-corrected chi connectivity index (χ3v) is 3.49. The number of aldehydes is 1. The summed E-state index contributed by atoms with van der Waals surface area (Å²) < 4.78 is 0. The van der Waals surface area contributed by atoms with Crippen LogP contribution in [0.5, 0.6) is 0 Å². The zero-order chi connectivity index (χ0) is 19.4.